The SMILES string of the molecule is O=C(C[C@@H]1C[C@H]2O[C@H](CNCc3cnccc3Cl)[C@@H](O)[C@H]2O1)NC1CC1. The summed E-state index contributed by atoms with van der Waals surface area (Å²) in [6, 6.07) is 2.10. The maximum Gasteiger partial charge on any atom is 0.222 e. The first kappa shape index (κ1) is 18.1. The number of aliphatic hydroxyl groups excluding tert-OH is 1. The van der Waals surface area contributed by atoms with E-state index in [2.05, 4.69) is 15.6 Å². The van der Waals surface area contributed by atoms with E-state index in [0.717, 1.165) is 18.4 Å². The number of halogens is 1. The highest BCUT2D eigenvalue weighted by atomic mass is 35.5. The van der Waals surface area contributed by atoms with Crippen LogP contribution >= 0.6 is 11.6 Å². The largest absolute Gasteiger partial charge is 0.388 e. The summed E-state index contributed by atoms with van der Waals surface area (Å²) in [5, 5.41) is 17.4. The zero-order chi connectivity index (χ0) is 18.1. The molecule has 142 valence electrons. The quantitative estimate of drug-likeness (QED) is 0.646. The molecule has 3 N–H and O–H groups in total. The van der Waals surface area contributed by atoms with Gasteiger partial charge in [-0.2, -0.15) is 0 Å². The molecule has 8 heteroatoms. The third-order valence-corrected chi connectivity index (χ3v) is 5.51. The predicted octanol–water partition coefficient (Wildman–Crippen LogP) is 0.779. The number of amides is 1. The lowest BCUT2D eigenvalue weighted by molar-refractivity contribution is -0.124. The van der Waals surface area contributed by atoms with Crippen LogP contribution in [-0.4, -0.2) is 59.1 Å². The van der Waals surface area contributed by atoms with Crippen LogP contribution in [0.4, 0.5) is 0 Å². The average Bonchev–Trinajstić information content (AvgIpc) is 3.26. The molecule has 2 saturated heterocycles. The van der Waals surface area contributed by atoms with Crippen molar-refractivity contribution in [2.75, 3.05) is 6.54 Å². The molecule has 2 aliphatic heterocycles. The van der Waals surface area contributed by atoms with Crippen LogP contribution in [0.3, 0.4) is 0 Å². The minimum Gasteiger partial charge on any atom is -0.388 e. The first-order valence-corrected chi connectivity index (χ1v) is 9.55. The van der Waals surface area contributed by atoms with Crippen LogP contribution in [0.5, 0.6) is 0 Å². The van der Waals surface area contributed by atoms with Crippen molar-refractivity contribution < 1.29 is 19.4 Å². The average molecular weight is 382 g/mol. The van der Waals surface area contributed by atoms with Crippen LogP contribution in [0, 0.1) is 0 Å². The number of carbonyl (C=O) groups is 1. The van der Waals surface area contributed by atoms with Crippen molar-refractivity contribution in [3.8, 4) is 0 Å². The molecule has 1 amide bonds. The molecule has 0 bridgehead atoms. The van der Waals surface area contributed by atoms with Gasteiger partial charge in [-0.25, -0.2) is 0 Å². The Morgan fingerprint density at radius 3 is 2.96 bits per heavy atom. The smallest absolute Gasteiger partial charge is 0.222 e. The Labute approximate surface area is 157 Å². The Hall–Kier alpha value is -1.25. The summed E-state index contributed by atoms with van der Waals surface area (Å²) >= 11 is 6.11. The van der Waals surface area contributed by atoms with Gasteiger partial charge in [-0.1, -0.05) is 11.6 Å². The van der Waals surface area contributed by atoms with Gasteiger partial charge in [0.1, 0.15) is 12.2 Å². The first-order chi connectivity index (χ1) is 12.6. The zero-order valence-electron chi connectivity index (χ0n) is 14.4. The van der Waals surface area contributed by atoms with Crippen LogP contribution in [0.25, 0.3) is 0 Å². The number of fused-ring (bicyclic) bond motifs is 1. The van der Waals surface area contributed by atoms with Gasteiger partial charge in [0.25, 0.3) is 0 Å². The Bertz CT molecular complexity index is 657. The molecule has 3 aliphatic rings. The Kier molecular flexibility index (Phi) is 5.42. The molecule has 1 aliphatic carbocycles. The summed E-state index contributed by atoms with van der Waals surface area (Å²) in [4.78, 5) is 16.0. The van der Waals surface area contributed by atoms with Gasteiger partial charge in [0.05, 0.1) is 24.7 Å². The fourth-order valence-corrected chi connectivity index (χ4v) is 3.79. The standard InChI is InChI=1S/C18H24ClN3O4/c19-13-3-4-20-7-10(13)8-21-9-15-17(24)18-14(26-15)5-12(25-18)6-16(23)22-11-1-2-11/h3-4,7,11-12,14-15,17-18,21,24H,1-2,5-6,8-9H2,(H,22,23)/t12-,14+,15+,17+,18-/m0/s1. The van der Waals surface area contributed by atoms with Gasteiger partial charge in [-0.15, -0.1) is 0 Å². The molecule has 26 heavy (non-hydrogen) atoms. The van der Waals surface area contributed by atoms with E-state index in [4.69, 9.17) is 21.1 Å². The Balaban J connectivity index is 1.21. The normalized spacial score (nSPS) is 33.2. The van der Waals surface area contributed by atoms with Crippen molar-refractivity contribution in [3.63, 3.8) is 0 Å². The highest BCUT2D eigenvalue weighted by molar-refractivity contribution is 6.31. The maximum atomic E-state index is 11.9. The molecule has 3 heterocycles. The van der Waals surface area contributed by atoms with Crippen molar-refractivity contribution in [2.24, 2.45) is 0 Å². The first-order valence-electron chi connectivity index (χ1n) is 9.17. The lowest BCUT2D eigenvalue weighted by Gasteiger charge is -2.20. The molecule has 3 fully saturated rings. The number of carbonyl (C=O) groups excluding carboxylic acids is 1. The van der Waals surface area contributed by atoms with Gasteiger partial charge in [-0.05, 0) is 18.9 Å². The van der Waals surface area contributed by atoms with E-state index < -0.39 is 6.10 Å². The number of hydrogen-bond acceptors (Lipinski definition) is 6. The second-order valence-electron chi connectivity index (χ2n) is 7.31. The van der Waals surface area contributed by atoms with E-state index in [1.807, 2.05) is 0 Å². The summed E-state index contributed by atoms with van der Waals surface area (Å²) in [6.45, 7) is 1.05. The summed E-state index contributed by atoms with van der Waals surface area (Å²) in [7, 11) is 0. The molecule has 1 aromatic rings. The van der Waals surface area contributed by atoms with Crippen molar-refractivity contribution in [3.05, 3.63) is 29.0 Å². The number of hydrogen-bond donors (Lipinski definition) is 3. The highest BCUT2D eigenvalue weighted by Gasteiger charge is 2.50. The Morgan fingerprint density at radius 2 is 2.23 bits per heavy atom. The lowest BCUT2D eigenvalue weighted by Crippen LogP contribution is -2.39. The maximum absolute atomic E-state index is 11.9. The van der Waals surface area contributed by atoms with Gasteiger partial charge in [0, 0.05) is 48.5 Å². The van der Waals surface area contributed by atoms with E-state index in [0.29, 0.717) is 37.0 Å². The number of ether oxygens (including phenoxy) is 2. The van der Waals surface area contributed by atoms with Gasteiger partial charge in [0.15, 0.2) is 0 Å². The summed E-state index contributed by atoms with van der Waals surface area (Å²) in [5.41, 5.74) is 0.903. The van der Waals surface area contributed by atoms with Gasteiger partial charge in [0.2, 0.25) is 5.91 Å². The molecule has 0 spiro atoms. The predicted molar refractivity (Wildman–Crippen MR) is 94.7 cm³/mol. The number of nitrogens with one attached hydrogen (secondary N) is 2. The third-order valence-electron chi connectivity index (χ3n) is 5.14. The molecule has 7 nitrogen and oxygen atoms in total. The number of pyridine rings is 1. The second-order valence-corrected chi connectivity index (χ2v) is 7.71. The summed E-state index contributed by atoms with van der Waals surface area (Å²) < 4.78 is 11.8. The van der Waals surface area contributed by atoms with Crippen molar-refractivity contribution in [1.29, 1.82) is 0 Å². The van der Waals surface area contributed by atoms with Crippen LogP contribution < -0.4 is 10.6 Å². The van der Waals surface area contributed by atoms with Crippen molar-refractivity contribution in [1.82, 2.24) is 15.6 Å². The van der Waals surface area contributed by atoms with Crippen LogP contribution in [0.1, 0.15) is 31.2 Å². The van der Waals surface area contributed by atoms with Crippen LogP contribution in [-0.2, 0) is 20.8 Å². The molecular weight excluding hydrogens is 358 g/mol. The highest BCUT2D eigenvalue weighted by Crippen LogP contribution is 2.35. The van der Waals surface area contributed by atoms with Crippen molar-refractivity contribution in [2.45, 2.75) is 68.8 Å². The van der Waals surface area contributed by atoms with Gasteiger partial charge >= 0.3 is 0 Å². The van der Waals surface area contributed by atoms with E-state index in [9.17, 15) is 9.90 Å². The van der Waals surface area contributed by atoms with E-state index in [-0.39, 0.29) is 30.3 Å². The number of rotatable bonds is 7. The fourth-order valence-electron chi connectivity index (χ4n) is 3.62. The minimum atomic E-state index is -0.701. The topological polar surface area (TPSA) is 92.7 Å². The molecule has 5 atom stereocenters. The molecule has 0 unspecified atom stereocenters. The number of nitrogens with zero attached hydrogens (tertiary/aromatic N) is 1. The minimum absolute atomic E-state index is 0.0264. The van der Waals surface area contributed by atoms with Crippen molar-refractivity contribution >= 4 is 17.5 Å². The van der Waals surface area contributed by atoms with Gasteiger partial charge in [-0.3, -0.25) is 9.78 Å². The molecule has 0 aromatic carbocycles. The molecule has 1 saturated carbocycles. The van der Waals surface area contributed by atoms with E-state index >= 15 is 0 Å². The second kappa shape index (κ2) is 7.78. The van der Waals surface area contributed by atoms with Crippen LogP contribution in [0.2, 0.25) is 5.02 Å². The third kappa shape index (κ3) is 4.18. The molecule has 1 aromatic heterocycles. The van der Waals surface area contributed by atoms with E-state index in [1.54, 1.807) is 18.5 Å². The molecule has 0 radical (unpaired) electrons. The lowest BCUT2D eigenvalue weighted by atomic mass is 10.1. The zero-order valence-corrected chi connectivity index (χ0v) is 15.2. The van der Waals surface area contributed by atoms with Crippen LogP contribution in [0.15, 0.2) is 18.5 Å². The van der Waals surface area contributed by atoms with E-state index in [1.165, 1.54) is 0 Å². The van der Waals surface area contributed by atoms with Gasteiger partial charge < -0.3 is 25.2 Å². The Morgan fingerprint density at radius 1 is 1.38 bits per heavy atom. The molecular formula is C18H24ClN3O4. The number of aromatic nitrogens is 1. The monoisotopic (exact) mass is 381 g/mol. The molecule has 4 rings (SSSR count). The number of aliphatic hydroxyl groups is 1. The summed E-state index contributed by atoms with van der Waals surface area (Å²) in [6.07, 6.45) is 4.77. The fraction of sp³-hybridized carbons (Fsp3) is 0.667. The summed E-state index contributed by atoms with van der Waals surface area (Å²) in [5.74, 6) is 0.0264.